The van der Waals surface area contributed by atoms with E-state index in [2.05, 4.69) is 9.97 Å². The summed E-state index contributed by atoms with van der Waals surface area (Å²) < 4.78 is 5.77. The minimum Gasteiger partial charge on any atom is -0.474 e. The zero-order chi connectivity index (χ0) is 18.0. The predicted molar refractivity (Wildman–Crippen MR) is 97.5 cm³/mol. The number of aromatic nitrogens is 2. The summed E-state index contributed by atoms with van der Waals surface area (Å²) in [5.74, 6) is 0.229. The summed E-state index contributed by atoms with van der Waals surface area (Å²) in [6.07, 6.45) is 0.635. The molecule has 0 unspecified atom stereocenters. The molecule has 0 saturated heterocycles. The average Bonchev–Trinajstić information content (AvgIpc) is 2.55. The summed E-state index contributed by atoms with van der Waals surface area (Å²) in [5, 5.41) is 0.812. The molecule has 1 aromatic heterocycles. The molecular weight excluding hydrogens is 316 g/mol. The van der Waals surface area contributed by atoms with Crippen LogP contribution in [0.15, 0.2) is 42.5 Å². The number of fused-ring (bicyclic) bond motifs is 1. The third-order valence-electron chi connectivity index (χ3n) is 3.71. The highest BCUT2D eigenvalue weighted by atomic mass is 16.5. The highest BCUT2D eigenvalue weighted by Crippen LogP contribution is 2.26. The van der Waals surface area contributed by atoms with Crippen molar-refractivity contribution in [2.24, 2.45) is 5.73 Å². The van der Waals surface area contributed by atoms with Crippen molar-refractivity contribution in [3.8, 4) is 5.88 Å². The molecule has 1 amide bonds. The maximum Gasteiger partial charge on any atom is 0.248 e. The van der Waals surface area contributed by atoms with E-state index in [0.717, 1.165) is 22.0 Å². The van der Waals surface area contributed by atoms with E-state index in [-0.39, 0.29) is 12.1 Å². The van der Waals surface area contributed by atoms with E-state index < -0.39 is 5.91 Å². The van der Waals surface area contributed by atoms with E-state index >= 15 is 0 Å². The first-order chi connectivity index (χ1) is 11.9. The first-order valence-corrected chi connectivity index (χ1v) is 8.04. The van der Waals surface area contributed by atoms with Crippen molar-refractivity contribution in [2.45, 2.75) is 26.4 Å². The molecule has 0 aliphatic rings. The Hall–Kier alpha value is -3.15. The number of amides is 1. The van der Waals surface area contributed by atoms with Gasteiger partial charge < -0.3 is 16.2 Å². The maximum absolute atomic E-state index is 11.3. The van der Waals surface area contributed by atoms with Crippen molar-refractivity contribution in [3.63, 3.8) is 0 Å². The number of ether oxygens (including phenoxy) is 1. The van der Waals surface area contributed by atoms with Crippen LogP contribution in [-0.2, 0) is 6.42 Å². The Morgan fingerprint density at radius 2 is 1.88 bits per heavy atom. The van der Waals surface area contributed by atoms with E-state index in [1.165, 1.54) is 0 Å². The molecule has 0 atom stereocenters. The summed E-state index contributed by atoms with van der Waals surface area (Å²) in [6.45, 7) is 3.87. The van der Waals surface area contributed by atoms with Crippen LogP contribution >= 0.6 is 0 Å². The molecule has 2 aromatic carbocycles. The van der Waals surface area contributed by atoms with Crippen molar-refractivity contribution in [3.05, 3.63) is 59.2 Å². The fraction of sp³-hybridized carbons (Fsp3) is 0.211. The van der Waals surface area contributed by atoms with Crippen LogP contribution in [0.5, 0.6) is 5.88 Å². The van der Waals surface area contributed by atoms with Crippen LogP contribution in [-0.4, -0.2) is 22.0 Å². The molecule has 6 nitrogen and oxygen atoms in total. The second kappa shape index (κ2) is 6.76. The Bertz CT molecular complexity index is 938. The molecule has 0 bridgehead atoms. The monoisotopic (exact) mass is 336 g/mol. The first kappa shape index (κ1) is 16.7. The van der Waals surface area contributed by atoms with Gasteiger partial charge in [0.25, 0.3) is 0 Å². The van der Waals surface area contributed by atoms with Gasteiger partial charge in [0.05, 0.1) is 17.0 Å². The Labute approximate surface area is 145 Å². The fourth-order valence-corrected chi connectivity index (χ4v) is 2.66. The van der Waals surface area contributed by atoms with Gasteiger partial charge in [-0.3, -0.25) is 4.79 Å². The highest BCUT2D eigenvalue weighted by Gasteiger charge is 2.11. The molecule has 0 fully saturated rings. The number of nitrogens with two attached hydrogens (primary N) is 2. The predicted octanol–water partition coefficient (Wildman–Crippen LogP) is 2.69. The minimum atomic E-state index is -0.433. The second-order valence-corrected chi connectivity index (χ2v) is 6.15. The summed E-state index contributed by atoms with van der Waals surface area (Å²) in [6, 6.07) is 13.2. The lowest BCUT2D eigenvalue weighted by Gasteiger charge is -2.12. The number of hydrogen-bond acceptors (Lipinski definition) is 5. The molecule has 25 heavy (non-hydrogen) atoms. The quantitative estimate of drug-likeness (QED) is 0.745. The number of benzene rings is 2. The first-order valence-electron chi connectivity index (χ1n) is 8.04. The zero-order valence-corrected chi connectivity index (χ0v) is 14.2. The number of nitrogens with zero attached hydrogens (tertiary/aromatic N) is 2. The topological polar surface area (TPSA) is 104 Å². The second-order valence-electron chi connectivity index (χ2n) is 6.15. The average molecular weight is 336 g/mol. The molecule has 3 aromatic rings. The number of carbonyl (C=O) groups excluding carboxylic acids is 1. The van der Waals surface area contributed by atoms with Crippen molar-refractivity contribution in [1.82, 2.24) is 9.97 Å². The molecule has 0 radical (unpaired) electrons. The number of primary amides is 1. The van der Waals surface area contributed by atoms with Crippen LogP contribution in [0.3, 0.4) is 0 Å². The number of carbonyl (C=O) groups is 1. The Balaban J connectivity index is 1.99. The molecule has 6 heteroatoms. The largest absolute Gasteiger partial charge is 0.474 e. The van der Waals surface area contributed by atoms with Gasteiger partial charge in [-0.1, -0.05) is 18.2 Å². The lowest BCUT2D eigenvalue weighted by Crippen LogP contribution is -2.11. The van der Waals surface area contributed by atoms with E-state index in [9.17, 15) is 4.79 Å². The van der Waals surface area contributed by atoms with E-state index in [1.54, 1.807) is 12.1 Å². The van der Waals surface area contributed by atoms with E-state index in [1.807, 2.05) is 44.2 Å². The smallest absolute Gasteiger partial charge is 0.248 e. The van der Waals surface area contributed by atoms with Gasteiger partial charge in [-0.25, -0.2) is 4.98 Å². The number of rotatable bonds is 5. The lowest BCUT2D eigenvalue weighted by molar-refractivity contribution is 0.1000. The van der Waals surface area contributed by atoms with Crippen LogP contribution in [0.25, 0.3) is 10.9 Å². The van der Waals surface area contributed by atoms with Crippen LogP contribution in [0.2, 0.25) is 0 Å². The highest BCUT2D eigenvalue weighted by molar-refractivity contribution is 5.93. The standard InChI is InChI=1S/C19H20N4O2/c1-11(2)25-18-15-10-13(6-7-16(15)22-19(21)23-18)8-12-4-3-5-14(9-12)17(20)24/h3-7,9-11H,8H2,1-2H3,(H2,20,24)(H2,21,22,23). The lowest BCUT2D eigenvalue weighted by atomic mass is 10.0. The normalized spacial score (nSPS) is 11.0. The van der Waals surface area contributed by atoms with Gasteiger partial charge in [-0.05, 0) is 55.7 Å². The van der Waals surface area contributed by atoms with Gasteiger partial charge in [0.15, 0.2) is 0 Å². The van der Waals surface area contributed by atoms with Gasteiger partial charge in [0.2, 0.25) is 17.7 Å². The third kappa shape index (κ3) is 3.85. The minimum absolute atomic E-state index is 0.0200. The Morgan fingerprint density at radius 3 is 2.60 bits per heavy atom. The van der Waals surface area contributed by atoms with Crippen molar-refractivity contribution < 1.29 is 9.53 Å². The zero-order valence-electron chi connectivity index (χ0n) is 14.2. The molecule has 128 valence electrons. The van der Waals surface area contributed by atoms with Crippen LogP contribution in [0, 0.1) is 0 Å². The number of nitrogen functional groups attached to an aromatic ring is 1. The summed E-state index contributed by atoms with van der Waals surface area (Å²) in [4.78, 5) is 19.8. The molecule has 0 aliphatic heterocycles. The SMILES string of the molecule is CC(C)Oc1nc(N)nc2ccc(Cc3cccc(C(N)=O)c3)cc12. The number of hydrogen-bond donors (Lipinski definition) is 2. The van der Waals surface area contributed by atoms with E-state index in [4.69, 9.17) is 16.2 Å². The molecule has 3 rings (SSSR count). The molecule has 0 aliphatic carbocycles. The van der Waals surface area contributed by atoms with Crippen molar-refractivity contribution in [2.75, 3.05) is 5.73 Å². The van der Waals surface area contributed by atoms with Crippen molar-refractivity contribution in [1.29, 1.82) is 0 Å². The third-order valence-corrected chi connectivity index (χ3v) is 3.71. The maximum atomic E-state index is 11.3. The van der Waals surface area contributed by atoms with E-state index in [0.29, 0.717) is 17.9 Å². The summed E-state index contributed by atoms with van der Waals surface area (Å²) >= 11 is 0. The molecule has 0 spiro atoms. The molecule has 4 N–H and O–H groups in total. The van der Waals surface area contributed by atoms with Gasteiger partial charge in [-0.2, -0.15) is 4.98 Å². The number of anilines is 1. The summed E-state index contributed by atoms with van der Waals surface area (Å²) in [5.41, 5.74) is 14.4. The molecule has 1 heterocycles. The van der Waals surface area contributed by atoms with Gasteiger partial charge in [0, 0.05) is 5.56 Å². The van der Waals surface area contributed by atoms with Gasteiger partial charge in [-0.15, -0.1) is 0 Å². The van der Waals surface area contributed by atoms with Gasteiger partial charge in [0.1, 0.15) is 0 Å². The molecular formula is C19H20N4O2. The Kier molecular flexibility index (Phi) is 4.52. The van der Waals surface area contributed by atoms with Crippen LogP contribution in [0.4, 0.5) is 5.95 Å². The van der Waals surface area contributed by atoms with Crippen LogP contribution in [0.1, 0.15) is 35.3 Å². The fourth-order valence-electron chi connectivity index (χ4n) is 2.66. The summed E-state index contributed by atoms with van der Waals surface area (Å²) in [7, 11) is 0. The Morgan fingerprint density at radius 1 is 1.12 bits per heavy atom. The van der Waals surface area contributed by atoms with Crippen molar-refractivity contribution >= 4 is 22.8 Å². The van der Waals surface area contributed by atoms with Crippen LogP contribution < -0.4 is 16.2 Å². The van der Waals surface area contributed by atoms with Gasteiger partial charge >= 0.3 is 0 Å². The molecule has 0 saturated carbocycles.